The van der Waals surface area contributed by atoms with Crippen molar-refractivity contribution in [1.82, 2.24) is 24.4 Å². The zero-order valence-corrected chi connectivity index (χ0v) is 14.6. The Kier molecular flexibility index (Phi) is 4.71. The number of carbonyl (C=O) groups excluding carboxylic acids is 1. The first kappa shape index (κ1) is 18.6. The van der Waals surface area contributed by atoms with Crippen LogP contribution in [-0.2, 0) is 11.3 Å². The second kappa shape index (κ2) is 7.34. The van der Waals surface area contributed by atoms with E-state index in [2.05, 4.69) is 15.3 Å². The highest BCUT2D eigenvalue weighted by Gasteiger charge is 2.33. The Hall–Kier alpha value is -3.75. The molecule has 1 aliphatic heterocycles. The molecule has 0 N–H and O–H groups in total. The molecule has 1 aliphatic rings. The Morgan fingerprint density at radius 1 is 1.14 bits per heavy atom. The maximum atomic E-state index is 14.8. The van der Waals surface area contributed by atoms with Gasteiger partial charge in [-0.05, 0) is 35.9 Å². The molecule has 8 nitrogen and oxygen atoms in total. The summed E-state index contributed by atoms with van der Waals surface area (Å²) in [6.07, 6.45) is 7.72. The Morgan fingerprint density at radius 2 is 2.03 bits per heavy atom. The van der Waals surface area contributed by atoms with Gasteiger partial charge in [0.1, 0.15) is 17.6 Å². The monoisotopic (exact) mass is 394 g/mol. The van der Waals surface area contributed by atoms with Crippen molar-refractivity contribution < 1.29 is 13.9 Å². The summed E-state index contributed by atoms with van der Waals surface area (Å²) in [5.41, 5.74) is 2.35. The number of hydrogen-bond acceptors (Lipinski definition) is 5. The van der Waals surface area contributed by atoms with Crippen LogP contribution in [0.4, 0.5) is 14.9 Å². The predicted molar refractivity (Wildman–Crippen MR) is 105 cm³/mol. The molecule has 0 radical (unpaired) electrons. The summed E-state index contributed by atoms with van der Waals surface area (Å²) in [5.74, 6) is -0.416. The van der Waals surface area contributed by atoms with Gasteiger partial charge in [-0.2, -0.15) is 0 Å². The number of rotatable bonds is 4. The Bertz CT molecular complexity index is 1160. The molecule has 1 atom stereocenters. The molecule has 0 bridgehead atoms. The quantitative estimate of drug-likeness (QED) is 0.530. The average Bonchev–Trinajstić information content (AvgIpc) is 3.42. The van der Waals surface area contributed by atoms with E-state index in [9.17, 15) is 9.18 Å². The van der Waals surface area contributed by atoms with Crippen LogP contribution >= 0.6 is 0 Å². The highest BCUT2D eigenvalue weighted by Crippen LogP contribution is 2.29. The number of carbonyl (C=O) groups is 1. The molecule has 0 saturated carbocycles. The van der Waals surface area contributed by atoms with Gasteiger partial charge in [0.05, 0.1) is 25.0 Å². The van der Waals surface area contributed by atoms with Gasteiger partial charge in [-0.15, -0.1) is 5.10 Å². The minimum Gasteiger partial charge on any atom is -0.442 e. The number of pyridine rings is 1. The molecule has 0 unspecified atom stereocenters. The number of amides is 1. The van der Waals surface area contributed by atoms with Crippen molar-refractivity contribution in [3.63, 3.8) is 0 Å². The van der Waals surface area contributed by atoms with E-state index < -0.39 is 11.9 Å². The van der Waals surface area contributed by atoms with E-state index in [1.165, 1.54) is 11.0 Å². The molecule has 3 aromatic heterocycles. The van der Waals surface area contributed by atoms with Crippen molar-refractivity contribution >= 4 is 17.4 Å². The van der Waals surface area contributed by atoms with Crippen LogP contribution in [0, 0.1) is 5.82 Å². The van der Waals surface area contributed by atoms with Crippen LogP contribution in [0.25, 0.3) is 16.8 Å². The third-order valence-electron chi connectivity index (χ3n) is 4.71. The summed E-state index contributed by atoms with van der Waals surface area (Å²) in [4.78, 5) is 17.9. The first-order valence-electron chi connectivity index (χ1n) is 8.72. The predicted octanol–water partition coefficient (Wildman–Crippen LogP) is 3.39. The molecule has 4 heterocycles. The first-order valence-corrected chi connectivity index (χ1v) is 8.72. The number of hydrogen-bond donors (Lipinski definition) is 0. The number of imidazole rings is 1. The number of ether oxygens (including phenoxy) is 1. The number of halogens is 1. The third kappa shape index (κ3) is 3.42. The lowest BCUT2D eigenvalue weighted by Crippen LogP contribution is -2.26. The van der Waals surface area contributed by atoms with E-state index >= 15 is 0 Å². The Balaban J connectivity index is 0.00000205. The molecule has 29 heavy (non-hydrogen) atoms. The molecule has 1 aromatic carbocycles. The number of aromatic nitrogens is 5. The largest absolute Gasteiger partial charge is 0.442 e. The van der Waals surface area contributed by atoms with Gasteiger partial charge in [0.25, 0.3) is 0 Å². The lowest BCUT2D eigenvalue weighted by molar-refractivity contribution is 0.129. The van der Waals surface area contributed by atoms with Gasteiger partial charge in [0.15, 0.2) is 0 Å². The van der Waals surface area contributed by atoms with Crippen LogP contribution in [0.2, 0.25) is 0 Å². The van der Waals surface area contributed by atoms with Crippen LogP contribution in [0.5, 0.6) is 0 Å². The van der Waals surface area contributed by atoms with Crippen molar-refractivity contribution in [3.8, 4) is 11.1 Å². The number of fused-ring (bicyclic) bond motifs is 1. The molecule has 9 heteroatoms. The van der Waals surface area contributed by atoms with Gasteiger partial charge < -0.3 is 9.14 Å². The standard InChI is InChI=1S/C19H15FN6O2.CH4/c20-17-10-14(26-12-15(28-19(26)27)11-25-8-5-22-23-25)1-2-16(17)13-3-6-24-7-4-21-18(24)9-13;/h1-10,15H,11-12H2;1H4/t15-;/m0./s1. The van der Waals surface area contributed by atoms with E-state index in [1.807, 2.05) is 28.9 Å². The molecular weight excluding hydrogens is 375 g/mol. The fraction of sp³-hybridized carbons (Fsp3) is 0.200. The van der Waals surface area contributed by atoms with Gasteiger partial charge in [0.2, 0.25) is 0 Å². The Labute approximate surface area is 166 Å². The molecule has 5 rings (SSSR count). The van der Waals surface area contributed by atoms with Crippen molar-refractivity contribution in [3.05, 3.63) is 67.1 Å². The van der Waals surface area contributed by atoms with E-state index in [-0.39, 0.29) is 13.5 Å². The number of anilines is 1. The number of nitrogens with zero attached hydrogens (tertiary/aromatic N) is 6. The topological polar surface area (TPSA) is 77.6 Å². The van der Waals surface area contributed by atoms with Crippen LogP contribution in [-0.4, -0.2) is 43.1 Å². The fourth-order valence-corrected chi connectivity index (χ4v) is 3.35. The maximum absolute atomic E-state index is 14.8. The van der Waals surface area contributed by atoms with Gasteiger partial charge in [-0.1, -0.05) is 12.6 Å². The van der Waals surface area contributed by atoms with Crippen LogP contribution in [0.15, 0.2) is 61.3 Å². The molecule has 1 fully saturated rings. The molecule has 148 valence electrons. The first-order chi connectivity index (χ1) is 13.7. The minimum atomic E-state index is -0.504. The SMILES string of the molecule is C.O=C1O[C@@H](Cn2ccnn2)CN1c1ccc(-c2ccn3ccnc3c2)c(F)c1. The second-order valence-electron chi connectivity index (χ2n) is 6.51. The van der Waals surface area contributed by atoms with E-state index in [4.69, 9.17) is 4.74 Å². The zero-order valence-electron chi connectivity index (χ0n) is 14.6. The van der Waals surface area contributed by atoms with E-state index in [1.54, 1.807) is 35.4 Å². The van der Waals surface area contributed by atoms with Crippen LogP contribution in [0.1, 0.15) is 7.43 Å². The second-order valence-corrected chi connectivity index (χ2v) is 6.51. The summed E-state index contributed by atoms with van der Waals surface area (Å²) >= 11 is 0. The fourth-order valence-electron chi connectivity index (χ4n) is 3.35. The van der Waals surface area contributed by atoms with Crippen molar-refractivity contribution in [2.45, 2.75) is 20.1 Å². The molecule has 1 amide bonds. The van der Waals surface area contributed by atoms with Gasteiger partial charge in [-0.3, -0.25) is 4.90 Å². The van der Waals surface area contributed by atoms with Crippen LogP contribution in [0.3, 0.4) is 0 Å². The number of benzene rings is 1. The molecule has 1 saturated heterocycles. The highest BCUT2D eigenvalue weighted by atomic mass is 19.1. The molecule has 0 spiro atoms. The normalized spacial score (nSPS) is 16.1. The van der Waals surface area contributed by atoms with Crippen LogP contribution < -0.4 is 4.90 Å². The van der Waals surface area contributed by atoms with E-state index in [0.29, 0.717) is 24.3 Å². The van der Waals surface area contributed by atoms with Gasteiger partial charge >= 0.3 is 6.09 Å². The maximum Gasteiger partial charge on any atom is 0.414 e. The summed E-state index contributed by atoms with van der Waals surface area (Å²) in [5, 5.41) is 7.60. The zero-order chi connectivity index (χ0) is 19.1. The Morgan fingerprint density at radius 3 is 2.83 bits per heavy atom. The molecular formula is C20H19FN6O2. The molecule has 0 aliphatic carbocycles. The molecule has 4 aromatic rings. The van der Waals surface area contributed by atoms with E-state index in [0.717, 1.165) is 11.2 Å². The number of cyclic esters (lactones) is 1. The van der Waals surface area contributed by atoms with Gasteiger partial charge in [-0.25, -0.2) is 18.9 Å². The highest BCUT2D eigenvalue weighted by molar-refractivity contribution is 5.90. The van der Waals surface area contributed by atoms with Crippen molar-refractivity contribution in [2.75, 3.05) is 11.4 Å². The minimum absolute atomic E-state index is 0. The lowest BCUT2D eigenvalue weighted by atomic mass is 10.1. The average molecular weight is 394 g/mol. The summed E-state index contributed by atoms with van der Waals surface area (Å²) < 4.78 is 23.6. The lowest BCUT2D eigenvalue weighted by Gasteiger charge is -2.14. The third-order valence-corrected chi connectivity index (χ3v) is 4.71. The summed E-state index contributed by atoms with van der Waals surface area (Å²) in [7, 11) is 0. The summed E-state index contributed by atoms with van der Waals surface area (Å²) in [6, 6.07) is 8.37. The van der Waals surface area contributed by atoms with Gasteiger partial charge in [0, 0.05) is 30.4 Å². The van der Waals surface area contributed by atoms with Crippen molar-refractivity contribution in [2.24, 2.45) is 0 Å². The smallest absolute Gasteiger partial charge is 0.414 e. The van der Waals surface area contributed by atoms with Crippen molar-refractivity contribution in [1.29, 1.82) is 0 Å². The summed E-state index contributed by atoms with van der Waals surface area (Å²) in [6.45, 7) is 0.713.